The Balaban J connectivity index is 1.99. The van der Waals surface area contributed by atoms with Gasteiger partial charge < -0.3 is 4.90 Å². The number of hydrogen-bond acceptors (Lipinski definition) is 1. The molecule has 104 valence electrons. The van der Waals surface area contributed by atoms with Crippen LogP contribution in [0.5, 0.6) is 0 Å². The third kappa shape index (κ3) is 2.28. The monoisotopic (exact) mass is 273 g/mol. The highest BCUT2D eigenvalue weighted by Crippen LogP contribution is 2.36. The number of fused-ring (bicyclic) bond motifs is 1. The summed E-state index contributed by atoms with van der Waals surface area (Å²) in [6.45, 7) is 2.95. The number of nitrogens with zero attached hydrogens (tertiary/aromatic N) is 1. The highest BCUT2D eigenvalue weighted by molar-refractivity contribution is 5.59. The van der Waals surface area contributed by atoms with Crippen LogP contribution in [0.25, 0.3) is 0 Å². The van der Waals surface area contributed by atoms with Crippen LogP contribution in [0.4, 0.5) is 14.5 Å². The first kappa shape index (κ1) is 13.1. The molecule has 1 aliphatic rings. The molecule has 0 saturated carbocycles. The molecule has 0 aromatic heterocycles. The lowest BCUT2D eigenvalue weighted by Crippen LogP contribution is -2.26. The van der Waals surface area contributed by atoms with Crippen molar-refractivity contribution in [2.75, 3.05) is 11.4 Å². The van der Waals surface area contributed by atoms with E-state index in [4.69, 9.17) is 0 Å². The molecule has 1 nitrogen and oxygen atoms in total. The van der Waals surface area contributed by atoms with Gasteiger partial charge in [-0.2, -0.15) is 0 Å². The van der Waals surface area contributed by atoms with Gasteiger partial charge in [-0.05, 0) is 42.2 Å². The van der Waals surface area contributed by atoms with Crippen molar-refractivity contribution in [2.45, 2.75) is 25.8 Å². The Morgan fingerprint density at radius 3 is 2.50 bits per heavy atom. The van der Waals surface area contributed by atoms with Crippen LogP contribution in [0, 0.1) is 11.6 Å². The van der Waals surface area contributed by atoms with Crippen molar-refractivity contribution in [1.29, 1.82) is 0 Å². The van der Waals surface area contributed by atoms with E-state index in [-0.39, 0.29) is 6.04 Å². The van der Waals surface area contributed by atoms with Crippen LogP contribution in [-0.2, 0) is 6.42 Å². The lowest BCUT2D eigenvalue weighted by molar-refractivity contribution is 0.562. The summed E-state index contributed by atoms with van der Waals surface area (Å²) < 4.78 is 26.9. The van der Waals surface area contributed by atoms with Crippen molar-refractivity contribution in [3.8, 4) is 0 Å². The summed E-state index contributed by atoms with van der Waals surface area (Å²) in [6, 6.07) is 12.1. The van der Waals surface area contributed by atoms with E-state index >= 15 is 0 Å². The van der Waals surface area contributed by atoms with Crippen molar-refractivity contribution < 1.29 is 8.78 Å². The van der Waals surface area contributed by atoms with Gasteiger partial charge in [-0.3, -0.25) is 0 Å². The average molecular weight is 273 g/mol. The molecular weight excluding hydrogens is 256 g/mol. The van der Waals surface area contributed by atoms with Gasteiger partial charge in [0.05, 0.1) is 6.04 Å². The second-order valence-corrected chi connectivity index (χ2v) is 5.20. The third-order valence-electron chi connectivity index (χ3n) is 3.96. The van der Waals surface area contributed by atoms with Crippen LogP contribution in [0.2, 0.25) is 0 Å². The second-order valence-electron chi connectivity index (χ2n) is 5.20. The van der Waals surface area contributed by atoms with Gasteiger partial charge in [0.1, 0.15) is 11.6 Å². The predicted molar refractivity (Wildman–Crippen MR) is 76.9 cm³/mol. The van der Waals surface area contributed by atoms with Crippen LogP contribution in [0.3, 0.4) is 0 Å². The van der Waals surface area contributed by atoms with Crippen LogP contribution in [-0.4, -0.2) is 6.54 Å². The highest BCUT2D eigenvalue weighted by atomic mass is 19.1. The van der Waals surface area contributed by atoms with Gasteiger partial charge in [-0.25, -0.2) is 8.78 Å². The molecule has 0 N–H and O–H groups in total. The molecule has 2 aromatic carbocycles. The minimum atomic E-state index is -0.508. The molecule has 0 fully saturated rings. The molecule has 0 aliphatic carbocycles. The standard InChI is InChI=1S/C17H17F2N/c1-2-16(13-9-14(18)11-15(19)10-13)20-8-7-12-5-3-4-6-17(12)20/h3-6,9-11,16H,2,7-8H2,1H3/t16-/m0/s1. The molecule has 0 bridgehead atoms. The summed E-state index contributed by atoms with van der Waals surface area (Å²) in [5, 5.41) is 0. The number of rotatable bonds is 3. The largest absolute Gasteiger partial charge is 0.364 e. The Kier molecular flexibility index (Phi) is 3.43. The summed E-state index contributed by atoms with van der Waals surface area (Å²) in [5.74, 6) is -1.02. The molecule has 1 atom stereocenters. The fourth-order valence-corrected chi connectivity index (χ4v) is 3.09. The first-order valence-electron chi connectivity index (χ1n) is 6.99. The lowest BCUT2D eigenvalue weighted by atomic mass is 10.0. The molecule has 0 radical (unpaired) electrons. The molecule has 2 aromatic rings. The number of anilines is 1. The SMILES string of the molecule is CC[C@@H](c1cc(F)cc(F)c1)N1CCc2ccccc21. The van der Waals surface area contributed by atoms with Crippen LogP contribution < -0.4 is 4.90 Å². The number of para-hydroxylation sites is 1. The van der Waals surface area contributed by atoms with Crippen molar-refractivity contribution in [3.05, 3.63) is 65.2 Å². The molecule has 1 heterocycles. The average Bonchev–Trinajstić information content (AvgIpc) is 2.83. The van der Waals surface area contributed by atoms with Crippen LogP contribution >= 0.6 is 0 Å². The van der Waals surface area contributed by atoms with Crippen molar-refractivity contribution in [2.24, 2.45) is 0 Å². The summed E-state index contributed by atoms with van der Waals surface area (Å²) in [5.41, 5.74) is 3.20. The summed E-state index contributed by atoms with van der Waals surface area (Å²) in [6.07, 6.45) is 1.81. The molecule has 0 spiro atoms. The van der Waals surface area contributed by atoms with E-state index in [9.17, 15) is 8.78 Å². The molecule has 1 aliphatic heterocycles. The summed E-state index contributed by atoms with van der Waals surface area (Å²) >= 11 is 0. The van der Waals surface area contributed by atoms with E-state index in [0.717, 1.165) is 25.5 Å². The van der Waals surface area contributed by atoms with Gasteiger partial charge in [0.25, 0.3) is 0 Å². The lowest BCUT2D eigenvalue weighted by Gasteiger charge is -2.30. The first-order chi connectivity index (χ1) is 9.69. The van der Waals surface area contributed by atoms with Gasteiger partial charge in [-0.1, -0.05) is 25.1 Å². The minimum Gasteiger partial charge on any atom is -0.364 e. The number of benzene rings is 2. The minimum absolute atomic E-state index is 0.0175. The molecular formula is C17H17F2N. The third-order valence-corrected chi connectivity index (χ3v) is 3.96. The van der Waals surface area contributed by atoms with Gasteiger partial charge in [0.2, 0.25) is 0 Å². The van der Waals surface area contributed by atoms with Crippen molar-refractivity contribution >= 4 is 5.69 Å². The molecule has 3 heteroatoms. The zero-order chi connectivity index (χ0) is 14.1. The van der Waals surface area contributed by atoms with Crippen LogP contribution in [0.1, 0.15) is 30.5 Å². The Bertz CT molecular complexity index is 604. The predicted octanol–water partition coefficient (Wildman–Crippen LogP) is 4.48. The first-order valence-corrected chi connectivity index (χ1v) is 6.99. The Morgan fingerprint density at radius 1 is 1.10 bits per heavy atom. The van der Waals surface area contributed by atoms with E-state index in [0.29, 0.717) is 5.56 Å². The van der Waals surface area contributed by atoms with E-state index in [1.165, 1.54) is 23.4 Å². The maximum atomic E-state index is 13.4. The van der Waals surface area contributed by atoms with E-state index in [2.05, 4.69) is 24.0 Å². The fourth-order valence-electron chi connectivity index (χ4n) is 3.09. The van der Waals surface area contributed by atoms with Gasteiger partial charge >= 0.3 is 0 Å². The number of hydrogen-bond donors (Lipinski definition) is 0. The maximum Gasteiger partial charge on any atom is 0.126 e. The highest BCUT2D eigenvalue weighted by Gasteiger charge is 2.26. The van der Waals surface area contributed by atoms with Crippen molar-refractivity contribution in [3.63, 3.8) is 0 Å². The quantitative estimate of drug-likeness (QED) is 0.797. The Labute approximate surface area is 117 Å². The summed E-state index contributed by atoms with van der Waals surface area (Å²) in [7, 11) is 0. The van der Waals surface area contributed by atoms with Gasteiger partial charge in [-0.15, -0.1) is 0 Å². The number of halogens is 2. The van der Waals surface area contributed by atoms with E-state index in [1.807, 2.05) is 12.1 Å². The fraction of sp³-hybridized carbons (Fsp3) is 0.294. The van der Waals surface area contributed by atoms with Crippen LogP contribution in [0.15, 0.2) is 42.5 Å². The molecule has 0 unspecified atom stereocenters. The molecule has 0 amide bonds. The zero-order valence-electron chi connectivity index (χ0n) is 11.4. The smallest absolute Gasteiger partial charge is 0.126 e. The molecule has 0 saturated heterocycles. The van der Waals surface area contributed by atoms with Gasteiger partial charge in [0.15, 0.2) is 0 Å². The Hall–Kier alpha value is -1.90. The molecule has 3 rings (SSSR count). The Morgan fingerprint density at radius 2 is 1.80 bits per heavy atom. The molecule has 20 heavy (non-hydrogen) atoms. The second kappa shape index (κ2) is 5.23. The van der Waals surface area contributed by atoms with Crippen molar-refractivity contribution in [1.82, 2.24) is 0 Å². The zero-order valence-corrected chi connectivity index (χ0v) is 11.4. The van der Waals surface area contributed by atoms with Gasteiger partial charge in [0, 0.05) is 18.3 Å². The maximum absolute atomic E-state index is 13.4. The normalized spacial score (nSPS) is 15.2. The topological polar surface area (TPSA) is 3.24 Å². The van der Waals surface area contributed by atoms with E-state index in [1.54, 1.807) is 0 Å². The van der Waals surface area contributed by atoms with E-state index < -0.39 is 11.6 Å². The summed E-state index contributed by atoms with van der Waals surface area (Å²) in [4.78, 5) is 2.25.